The highest BCUT2D eigenvalue weighted by Gasteiger charge is 2.32. The van der Waals surface area contributed by atoms with Crippen molar-refractivity contribution in [2.45, 2.75) is 32.0 Å². The van der Waals surface area contributed by atoms with E-state index >= 15 is 0 Å². The molecule has 2 aromatic carbocycles. The van der Waals surface area contributed by atoms with Crippen molar-refractivity contribution in [1.29, 1.82) is 0 Å². The number of halogens is 3. The third-order valence-electron chi connectivity index (χ3n) is 4.77. The monoisotopic (exact) mass is 392 g/mol. The lowest BCUT2D eigenvalue weighted by molar-refractivity contribution is -0.137. The Kier molecular flexibility index (Phi) is 6.24. The van der Waals surface area contributed by atoms with Gasteiger partial charge in [0, 0.05) is 25.8 Å². The molecule has 150 valence electrons. The number of ether oxygens (including phenoxy) is 1. The first kappa shape index (κ1) is 20.2. The molecule has 0 saturated carbocycles. The van der Waals surface area contributed by atoms with Crippen molar-refractivity contribution in [2.24, 2.45) is 0 Å². The number of benzene rings is 2. The Morgan fingerprint density at radius 1 is 1.11 bits per heavy atom. The Balaban J connectivity index is 1.91. The summed E-state index contributed by atoms with van der Waals surface area (Å²) in [5, 5.41) is 2.68. The topological polar surface area (TPSA) is 41.6 Å². The third-order valence-corrected chi connectivity index (χ3v) is 4.77. The summed E-state index contributed by atoms with van der Waals surface area (Å²) in [5.74, 6) is -0.449. The number of rotatable bonds is 5. The Morgan fingerprint density at radius 2 is 1.86 bits per heavy atom. The highest BCUT2D eigenvalue weighted by molar-refractivity contribution is 6.06. The molecule has 2 aromatic rings. The van der Waals surface area contributed by atoms with Crippen LogP contribution < -0.4 is 10.2 Å². The second-order valence-corrected chi connectivity index (χ2v) is 6.86. The number of nitrogens with one attached hydrogen (secondary N) is 1. The van der Waals surface area contributed by atoms with Crippen molar-refractivity contribution in [2.75, 3.05) is 30.4 Å². The molecule has 0 radical (unpaired) electrons. The molecule has 1 saturated heterocycles. The molecule has 0 spiro atoms. The van der Waals surface area contributed by atoms with E-state index in [9.17, 15) is 18.0 Å². The van der Waals surface area contributed by atoms with Crippen LogP contribution in [0.2, 0.25) is 0 Å². The molecular formula is C21H23F3N2O2. The van der Waals surface area contributed by atoms with Gasteiger partial charge < -0.3 is 15.0 Å². The number of anilines is 2. The van der Waals surface area contributed by atoms with Gasteiger partial charge in [0.1, 0.15) is 0 Å². The molecule has 1 heterocycles. The maximum atomic E-state index is 13.2. The first-order valence-corrected chi connectivity index (χ1v) is 9.24. The molecule has 28 heavy (non-hydrogen) atoms. The van der Waals surface area contributed by atoms with Crippen molar-refractivity contribution >= 4 is 17.3 Å². The minimum atomic E-state index is -4.47. The Morgan fingerprint density at radius 3 is 2.54 bits per heavy atom. The maximum Gasteiger partial charge on any atom is 0.416 e. The number of hydrogen-bond donors (Lipinski definition) is 1. The largest absolute Gasteiger partial charge is 0.416 e. The first-order valence-electron chi connectivity index (χ1n) is 9.24. The van der Waals surface area contributed by atoms with Crippen LogP contribution in [0.5, 0.6) is 0 Å². The molecule has 1 N–H and O–H groups in total. The lowest BCUT2D eigenvalue weighted by Gasteiger charge is -2.31. The van der Waals surface area contributed by atoms with Gasteiger partial charge in [-0.05, 0) is 55.2 Å². The van der Waals surface area contributed by atoms with Crippen LogP contribution in [0.3, 0.4) is 0 Å². The van der Waals surface area contributed by atoms with Gasteiger partial charge >= 0.3 is 6.18 Å². The number of piperidine rings is 1. The van der Waals surface area contributed by atoms with Crippen LogP contribution in [0.15, 0.2) is 42.5 Å². The first-order chi connectivity index (χ1) is 13.4. The van der Waals surface area contributed by atoms with Gasteiger partial charge in [-0.1, -0.05) is 12.1 Å². The van der Waals surface area contributed by atoms with Gasteiger partial charge in [-0.15, -0.1) is 0 Å². The van der Waals surface area contributed by atoms with Crippen LogP contribution >= 0.6 is 0 Å². The summed E-state index contributed by atoms with van der Waals surface area (Å²) in [6, 6.07) is 10.4. The highest BCUT2D eigenvalue weighted by atomic mass is 19.4. The van der Waals surface area contributed by atoms with Gasteiger partial charge in [0.2, 0.25) is 0 Å². The maximum absolute atomic E-state index is 13.2. The minimum Gasteiger partial charge on any atom is -0.380 e. The summed E-state index contributed by atoms with van der Waals surface area (Å²) in [7, 11) is 1.56. The van der Waals surface area contributed by atoms with Gasteiger partial charge in [-0.3, -0.25) is 4.79 Å². The predicted molar refractivity (Wildman–Crippen MR) is 103 cm³/mol. The van der Waals surface area contributed by atoms with E-state index in [0.29, 0.717) is 17.9 Å². The summed E-state index contributed by atoms with van der Waals surface area (Å²) >= 11 is 0. The fourth-order valence-electron chi connectivity index (χ4n) is 3.39. The summed E-state index contributed by atoms with van der Waals surface area (Å²) in [4.78, 5) is 14.7. The molecule has 7 heteroatoms. The lowest BCUT2D eigenvalue weighted by Crippen LogP contribution is -2.30. The van der Waals surface area contributed by atoms with Gasteiger partial charge in [0.15, 0.2) is 0 Å². The van der Waals surface area contributed by atoms with Crippen LogP contribution in [0.1, 0.15) is 40.7 Å². The van der Waals surface area contributed by atoms with Crippen LogP contribution in [-0.4, -0.2) is 26.1 Å². The lowest BCUT2D eigenvalue weighted by atomic mass is 10.1. The van der Waals surface area contributed by atoms with Gasteiger partial charge in [-0.25, -0.2) is 0 Å². The smallest absolute Gasteiger partial charge is 0.380 e. The number of methoxy groups -OCH3 is 1. The van der Waals surface area contributed by atoms with E-state index in [0.717, 1.165) is 50.0 Å². The van der Waals surface area contributed by atoms with E-state index in [1.165, 1.54) is 6.07 Å². The Hall–Kier alpha value is -2.54. The minimum absolute atomic E-state index is 0.180. The molecular weight excluding hydrogens is 369 g/mol. The van der Waals surface area contributed by atoms with Gasteiger partial charge in [-0.2, -0.15) is 13.2 Å². The molecule has 4 nitrogen and oxygen atoms in total. The molecule has 3 rings (SSSR count). The Bertz CT molecular complexity index is 831. The number of carbonyl (C=O) groups is 1. The van der Waals surface area contributed by atoms with Crippen LogP contribution in [0, 0.1) is 0 Å². The molecule has 0 aliphatic carbocycles. The average Bonchev–Trinajstić information content (AvgIpc) is 2.68. The molecule has 0 bridgehead atoms. The number of nitrogens with zero attached hydrogens (tertiary/aromatic N) is 1. The van der Waals surface area contributed by atoms with E-state index in [1.54, 1.807) is 25.3 Å². The zero-order valence-corrected chi connectivity index (χ0v) is 15.7. The number of carbonyl (C=O) groups excluding carboxylic acids is 1. The summed E-state index contributed by atoms with van der Waals surface area (Å²) in [6.07, 6.45) is -1.41. The molecule has 1 aliphatic rings. The number of alkyl halides is 3. The van der Waals surface area contributed by atoms with E-state index in [4.69, 9.17) is 4.74 Å². The molecule has 1 amide bonds. The predicted octanol–water partition coefficient (Wildman–Crippen LogP) is 5.09. The fourth-order valence-corrected chi connectivity index (χ4v) is 3.39. The molecule has 0 atom stereocenters. The molecule has 1 aliphatic heterocycles. The number of hydrogen-bond acceptors (Lipinski definition) is 3. The Labute approximate surface area is 162 Å². The van der Waals surface area contributed by atoms with Crippen molar-refractivity contribution in [1.82, 2.24) is 0 Å². The summed E-state index contributed by atoms with van der Waals surface area (Å²) in [6.45, 7) is 1.87. The van der Waals surface area contributed by atoms with Crippen LogP contribution in [-0.2, 0) is 17.5 Å². The van der Waals surface area contributed by atoms with Crippen LogP contribution in [0.4, 0.5) is 24.5 Å². The molecule has 0 aromatic heterocycles. The third kappa shape index (κ3) is 4.84. The quantitative estimate of drug-likeness (QED) is 0.770. The van der Waals surface area contributed by atoms with E-state index in [2.05, 4.69) is 5.32 Å². The van der Waals surface area contributed by atoms with Crippen molar-refractivity contribution in [3.63, 3.8) is 0 Å². The standard InChI is InChI=1S/C21H23F3N2O2/c1-28-14-15-6-5-7-16(12-15)20(27)25-18-13-17(21(22,23)24)8-9-19(18)26-10-3-2-4-11-26/h5-9,12-13H,2-4,10-11,14H2,1H3,(H,25,27). The number of amides is 1. The normalized spacial score (nSPS) is 14.8. The second-order valence-electron chi connectivity index (χ2n) is 6.86. The van der Waals surface area contributed by atoms with Gasteiger partial charge in [0.05, 0.1) is 23.5 Å². The van der Waals surface area contributed by atoms with E-state index in [1.807, 2.05) is 11.0 Å². The SMILES string of the molecule is COCc1cccc(C(=O)Nc2cc(C(F)(F)F)ccc2N2CCCCC2)c1. The second kappa shape index (κ2) is 8.65. The summed E-state index contributed by atoms with van der Waals surface area (Å²) < 4.78 is 44.7. The zero-order chi connectivity index (χ0) is 20.1. The van der Waals surface area contributed by atoms with E-state index < -0.39 is 17.6 Å². The van der Waals surface area contributed by atoms with Crippen LogP contribution in [0.25, 0.3) is 0 Å². The van der Waals surface area contributed by atoms with Crippen molar-refractivity contribution in [3.8, 4) is 0 Å². The van der Waals surface area contributed by atoms with E-state index in [-0.39, 0.29) is 5.69 Å². The van der Waals surface area contributed by atoms with Crippen molar-refractivity contribution < 1.29 is 22.7 Å². The summed E-state index contributed by atoms with van der Waals surface area (Å²) in [5.41, 5.74) is 1.21. The fraction of sp³-hybridized carbons (Fsp3) is 0.381. The van der Waals surface area contributed by atoms with Gasteiger partial charge in [0.25, 0.3) is 5.91 Å². The molecule has 0 unspecified atom stereocenters. The molecule has 1 fully saturated rings. The zero-order valence-electron chi connectivity index (χ0n) is 15.7. The van der Waals surface area contributed by atoms with Crippen molar-refractivity contribution in [3.05, 3.63) is 59.2 Å². The average molecular weight is 392 g/mol. The highest BCUT2D eigenvalue weighted by Crippen LogP contribution is 2.36.